The van der Waals surface area contributed by atoms with E-state index in [0.717, 1.165) is 6.42 Å². The largest absolute Gasteiger partial charge is 0.0622 e. The van der Waals surface area contributed by atoms with Crippen LogP contribution in [0.15, 0.2) is 170 Å². The molecule has 1 aliphatic rings. The summed E-state index contributed by atoms with van der Waals surface area (Å²) in [5.74, 6) is 0. The Kier molecular flexibility index (Phi) is 5.99. The molecule has 0 aromatic heterocycles. The molecule has 0 heterocycles. The van der Waals surface area contributed by atoms with Crippen molar-refractivity contribution in [3.63, 3.8) is 0 Å². The molecule has 0 amide bonds. The summed E-state index contributed by atoms with van der Waals surface area (Å²) in [7, 11) is 0. The molecule has 0 heteroatoms. The molecular formula is C45H30. The summed E-state index contributed by atoms with van der Waals surface area (Å²) in [4.78, 5) is 0. The molecule has 45 heavy (non-hydrogen) atoms. The third kappa shape index (κ3) is 4.22. The van der Waals surface area contributed by atoms with E-state index in [9.17, 15) is 0 Å². The molecule has 9 rings (SSSR count). The van der Waals surface area contributed by atoms with Crippen LogP contribution in [0.2, 0.25) is 0 Å². The van der Waals surface area contributed by atoms with E-state index in [1.807, 2.05) is 0 Å². The molecule has 1 aliphatic carbocycles. The zero-order valence-corrected chi connectivity index (χ0v) is 24.9. The van der Waals surface area contributed by atoms with Crippen molar-refractivity contribution in [1.29, 1.82) is 0 Å². The number of fused-ring (bicyclic) bond motifs is 4. The average Bonchev–Trinajstić information content (AvgIpc) is 3.51. The molecule has 0 aliphatic heterocycles. The van der Waals surface area contributed by atoms with Gasteiger partial charge in [-0.05, 0) is 107 Å². The van der Waals surface area contributed by atoms with Gasteiger partial charge in [0.1, 0.15) is 0 Å². The molecule has 0 spiro atoms. The van der Waals surface area contributed by atoms with E-state index < -0.39 is 0 Å². The molecular weight excluding hydrogens is 540 g/mol. The lowest BCUT2D eigenvalue weighted by Gasteiger charge is -2.19. The quantitative estimate of drug-likeness (QED) is 0.185. The number of hydrogen-bond donors (Lipinski definition) is 0. The Morgan fingerprint density at radius 2 is 0.867 bits per heavy atom. The molecule has 0 fully saturated rings. The molecule has 8 aromatic carbocycles. The first-order valence-corrected chi connectivity index (χ1v) is 15.7. The van der Waals surface area contributed by atoms with E-state index in [1.165, 1.54) is 88.0 Å². The van der Waals surface area contributed by atoms with E-state index in [-0.39, 0.29) is 0 Å². The van der Waals surface area contributed by atoms with E-state index in [0.29, 0.717) is 0 Å². The molecule has 0 atom stereocenters. The summed E-state index contributed by atoms with van der Waals surface area (Å²) in [6.07, 6.45) is 0.937. The molecule has 0 nitrogen and oxygen atoms in total. The Labute approximate surface area is 263 Å². The lowest BCUT2D eigenvalue weighted by atomic mass is 9.85. The summed E-state index contributed by atoms with van der Waals surface area (Å²) >= 11 is 0. The minimum Gasteiger partial charge on any atom is -0.0622 e. The van der Waals surface area contributed by atoms with Gasteiger partial charge in [-0.2, -0.15) is 0 Å². The van der Waals surface area contributed by atoms with Crippen LogP contribution in [0.4, 0.5) is 0 Å². The zero-order valence-electron chi connectivity index (χ0n) is 24.9. The van der Waals surface area contributed by atoms with Gasteiger partial charge in [0.05, 0.1) is 0 Å². The van der Waals surface area contributed by atoms with Crippen molar-refractivity contribution in [1.82, 2.24) is 0 Å². The summed E-state index contributed by atoms with van der Waals surface area (Å²) in [5.41, 5.74) is 13.1. The highest BCUT2D eigenvalue weighted by atomic mass is 14.3. The maximum Gasteiger partial charge on any atom is -0.000728 e. The lowest BCUT2D eigenvalue weighted by Crippen LogP contribution is -1.93. The minimum atomic E-state index is 0.937. The fourth-order valence-corrected chi connectivity index (χ4v) is 7.50. The van der Waals surface area contributed by atoms with Crippen molar-refractivity contribution >= 4 is 43.5 Å². The average molecular weight is 571 g/mol. The number of rotatable bonds is 4. The Balaban J connectivity index is 1.29. The molecule has 0 N–H and O–H groups in total. The molecule has 0 bridgehead atoms. The summed E-state index contributed by atoms with van der Waals surface area (Å²) in [6.45, 7) is 0. The van der Waals surface area contributed by atoms with Crippen molar-refractivity contribution in [3.8, 4) is 22.3 Å². The first-order valence-electron chi connectivity index (χ1n) is 15.7. The summed E-state index contributed by atoms with van der Waals surface area (Å²) < 4.78 is 0. The third-order valence-corrected chi connectivity index (χ3v) is 9.49. The van der Waals surface area contributed by atoms with Gasteiger partial charge in [-0.15, -0.1) is 0 Å². The molecule has 0 unspecified atom stereocenters. The topological polar surface area (TPSA) is 0 Å². The van der Waals surface area contributed by atoms with Crippen LogP contribution in [0.25, 0.3) is 65.7 Å². The molecule has 0 radical (unpaired) electrons. The standard InChI is InChI=1S/C45H30/c1-2-14-31(15-3-1)43-37-20-7-6-17-34(37)29-42(43)33-18-12-19-35(28-33)44-38-21-8-10-23-40(38)45(41-24-11-9-22-39(41)44)36-26-25-30-13-4-5-16-32(30)27-36/h1-28H,29H2. The summed E-state index contributed by atoms with van der Waals surface area (Å²) in [6, 6.07) is 62.4. The second-order valence-electron chi connectivity index (χ2n) is 12.0. The van der Waals surface area contributed by atoms with Gasteiger partial charge in [-0.3, -0.25) is 0 Å². The van der Waals surface area contributed by atoms with Crippen molar-refractivity contribution in [2.45, 2.75) is 6.42 Å². The van der Waals surface area contributed by atoms with Crippen LogP contribution in [-0.2, 0) is 6.42 Å². The van der Waals surface area contributed by atoms with Gasteiger partial charge in [0, 0.05) is 0 Å². The van der Waals surface area contributed by atoms with E-state index in [2.05, 4.69) is 170 Å². The van der Waals surface area contributed by atoms with Gasteiger partial charge >= 0.3 is 0 Å². The molecule has 8 aromatic rings. The fraction of sp³-hybridized carbons (Fsp3) is 0.0222. The van der Waals surface area contributed by atoms with Gasteiger partial charge in [0.2, 0.25) is 0 Å². The zero-order chi connectivity index (χ0) is 29.7. The molecule has 210 valence electrons. The highest BCUT2D eigenvalue weighted by molar-refractivity contribution is 6.22. The van der Waals surface area contributed by atoms with Crippen LogP contribution in [-0.4, -0.2) is 0 Å². The van der Waals surface area contributed by atoms with Crippen molar-refractivity contribution in [3.05, 3.63) is 192 Å². The van der Waals surface area contributed by atoms with E-state index in [1.54, 1.807) is 0 Å². The third-order valence-electron chi connectivity index (χ3n) is 9.49. The smallest absolute Gasteiger partial charge is 0.000728 e. The van der Waals surface area contributed by atoms with Gasteiger partial charge in [-0.25, -0.2) is 0 Å². The fourth-order valence-electron chi connectivity index (χ4n) is 7.50. The Bertz CT molecular complexity index is 2390. The molecule has 0 saturated carbocycles. The monoisotopic (exact) mass is 570 g/mol. The second kappa shape index (κ2) is 10.5. The van der Waals surface area contributed by atoms with Crippen molar-refractivity contribution in [2.24, 2.45) is 0 Å². The van der Waals surface area contributed by atoms with Gasteiger partial charge < -0.3 is 0 Å². The van der Waals surface area contributed by atoms with E-state index in [4.69, 9.17) is 0 Å². The number of benzene rings is 8. The van der Waals surface area contributed by atoms with Gasteiger partial charge in [0.25, 0.3) is 0 Å². The number of allylic oxidation sites excluding steroid dienone is 1. The van der Waals surface area contributed by atoms with Crippen molar-refractivity contribution < 1.29 is 0 Å². The van der Waals surface area contributed by atoms with Crippen LogP contribution in [0.3, 0.4) is 0 Å². The van der Waals surface area contributed by atoms with Gasteiger partial charge in [0.15, 0.2) is 0 Å². The maximum absolute atomic E-state index is 2.42. The Hall–Kier alpha value is -5.72. The van der Waals surface area contributed by atoms with Crippen LogP contribution >= 0.6 is 0 Å². The van der Waals surface area contributed by atoms with Crippen LogP contribution < -0.4 is 0 Å². The van der Waals surface area contributed by atoms with E-state index >= 15 is 0 Å². The molecule has 0 saturated heterocycles. The predicted octanol–water partition coefficient (Wildman–Crippen LogP) is 12.0. The minimum absolute atomic E-state index is 0.937. The predicted molar refractivity (Wildman–Crippen MR) is 192 cm³/mol. The van der Waals surface area contributed by atoms with Crippen LogP contribution in [0.1, 0.15) is 22.3 Å². The Morgan fingerprint density at radius 3 is 1.58 bits per heavy atom. The first-order chi connectivity index (χ1) is 22.3. The second-order valence-corrected chi connectivity index (χ2v) is 12.0. The maximum atomic E-state index is 2.42. The van der Waals surface area contributed by atoms with Crippen molar-refractivity contribution in [2.75, 3.05) is 0 Å². The normalized spacial score (nSPS) is 12.7. The SMILES string of the molecule is c1ccc(C2=C(c3cccc(-c4c5ccccc5c(-c5ccc6ccccc6c5)c5ccccc45)c3)Cc3ccccc32)cc1. The highest BCUT2D eigenvalue weighted by Gasteiger charge is 2.24. The summed E-state index contributed by atoms with van der Waals surface area (Å²) in [5, 5.41) is 7.65. The Morgan fingerprint density at radius 1 is 0.333 bits per heavy atom. The van der Waals surface area contributed by atoms with Crippen LogP contribution in [0.5, 0.6) is 0 Å². The first kappa shape index (κ1) is 25.7. The number of hydrogen-bond acceptors (Lipinski definition) is 0. The van der Waals surface area contributed by atoms with Gasteiger partial charge in [-0.1, -0.05) is 158 Å². The van der Waals surface area contributed by atoms with Crippen LogP contribution in [0, 0.1) is 0 Å². The lowest BCUT2D eigenvalue weighted by molar-refractivity contribution is 1.32. The highest BCUT2D eigenvalue weighted by Crippen LogP contribution is 2.46.